The molecule has 28 heavy (non-hydrogen) atoms. The summed E-state index contributed by atoms with van der Waals surface area (Å²) < 4.78 is 17.3. The molecular formula is C21H30ClN4OP. The Bertz CT molecular complexity index is 758. The molecule has 2 aromatic rings. The van der Waals surface area contributed by atoms with Crippen molar-refractivity contribution in [2.75, 3.05) is 51.1 Å². The molecular weight excluding hydrogens is 391 g/mol. The maximum Gasteiger partial charge on any atom is 0.305 e. The Balaban J connectivity index is 1.70. The van der Waals surface area contributed by atoms with Crippen molar-refractivity contribution in [3.05, 3.63) is 59.7 Å². The molecule has 0 saturated carbocycles. The van der Waals surface area contributed by atoms with Gasteiger partial charge in [-0.1, -0.05) is 24.3 Å². The number of rotatable bonds is 6. The molecule has 0 N–H and O–H groups in total. The topological polar surface area (TPSA) is 30.0 Å². The van der Waals surface area contributed by atoms with Crippen molar-refractivity contribution in [1.29, 1.82) is 0 Å². The fourth-order valence-corrected chi connectivity index (χ4v) is 6.00. The molecule has 0 unspecified atom stereocenters. The summed E-state index contributed by atoms with van der Waals surface area (Å²) in [5, 5.41) is 0. The molecule has 0 spiro atoms. The van der Waals surface area contributed by atoms with E-state index < -0.39 is 6.80 Å². The average molecular weight is 421 g/mol. The predicted molar refractivity (Wildman–Crippen MR) is 120 cm³/mol. The number of anilines is 2. The van der Waals surface area contributed by atoms with Crippen molar-refractivity contribution in [1.82, 2.24) is 9.34 Å². The largest absolute Gasteiger partial charge is 0.378 e. The Labute approximate surface area is 173 Å². The van der Waals surface area contributed by atoms with Gasteiger partial charge in [0.25, 0.3) is 0 Å². The normalized spacial score (nSPS) is 17.5. The highest BCUT2D eigenvalue weighted by atomic mass is 35.7. The van der Waals surface area contributed by atoms with Crippen molar-refractivity contribution in [2.45, 2.75) is 19.5 Å². The minimum atomic E-state index is -3.08. The van der Waals surface area contributed by atoms with E-state index in [-0.39, 0.29) is 0 Å². The molecule has 1 saturated heterocycles. The van der Waals surface area contributed by atoms with Crippen LogP contribution >= 0.6 is 18.0 Å². The van der Waals surface area contributed by atoms with Gasteiger partial charge in [-0.15, -0.1) is 0 Å². The van der Waals surface area contributed by atoms with Crippen molar-refractivity contribution < 1.29 is 4.57 Å². The Morgan fingerprint density at radius 1 is 0.786 bits per heavy atom. The van der Waals surface area contributed by atoms with E-state index in [0.29, 0.717) is 13.1 Å². The Kier molecular flexibility index (Phi) is 6.72. The third-order valence-electron chi connectivity index (χ3n) is 5.17. The van der Waals surface area contributed by atoms with E-state index in [0.717, 1.165) is 42.0 Å². The maximum atomic E-state index is 13.5. The minimum Gasteiger partial charge on any atom is -0.378 e. The number of halogens is 1. The summed E-state index contributed by atoms with van der Waals surface area (Å²) in [5.74, 6) is 0. The summed E-state index contributed by atoms with van der Waals surface area (Å²) in [5.41, 5.74) is 4.56. The van der Waals surface area contributed by atoms with Crippen molar-refractivity contribution in [2.24, 2.45) is 0 Å². The van der Waals surface area contributed by atoms with Crippen molar-refractivity contribution >= 4 is 29.4 Å². The zero-order valence-corrected chi connectivity index (χ0v) is 18.8. The lowest BCUT2D eigenvalue weighted by Crippen LogP contribution is -2.36. The number of hydrogen-bond acceptors (Lipinski definition) is 3. The molecule has 152 valence electrons. The van der Waals surface area contributed by atoms with Crippen LogP contribution in [0.15, 0.2) is 48.5 Å². The monoisotopic (exact) mass is 420 g/mol. The van der Waals surface area contributed by atoms with Crippen LogP contribution in [0.2, 0.25) is 0 Å². The molecule has 1 fully saturated rings. The molecule has 3 rings (SSSR count). The lowest BCUT2D eigenvalue weighted by Gasteiger charge is -2.39. The minimum absolute atomic E-state index is 0.602. The molecule has 0 radical (unpaired) electrons. The average Bonchev–Trinajstić information content (AvgIpc) is 2.66. The van der Waals surface area contributed by atoms with Crippen LogP contribution in [0.3, 0.4) is 0 Å². The third kappa shape index (κ3) is 4.90. The van der Waals surface area contributed by atoms with E-state index in [1.54, 1.807) is 0 Å². The lowest BCUT2D eigenvalue weighted by molar-refractivity contribution is 0.281. The van der Waals surface area contributed by atoms with Crippen LogP contribution in [0, 0.1) is 0 Å². The van der Waals surface area contributed by atoms with Crippen LogP contribution in [0.5, 0.6) is 0 Å². The first-order chi connectivity index (χ1) is 13.3. The van der Waals surface area contributed by atoms with Gasteiger partial charge in [0.2, 0.25) is 0 Å². The molecule has 0 aliphatic carbocycles. The van der Waals surface area contributed by atoms with Gasteiger partial charge >= 0.3 is 6.80 Å². The third-order valence-corrected chi connectivity index (χ3v) is 8.53. The first kappa shape index (κ1) is 21.2. The Morgan fingerprint density at radius 3 is 1.46 bits per heavy atom. The first-order valence-corrected chi connectivity index (χ1v) is 12.1. The molecule has 1 aliphatic rings. The van der Waals surface area contributed by atoms with E-state index in [4.69, 9.17) is 11.2 Å². The Hall–Kier alpha value is -1.52. The zero-order valence-electron chi connectivity index (χ0n) is 17.2. The second kappa shape index (κ2) is 8.87. The highest BCUT2D eigenvalue weighted by molar-refractivity contribution is 7.85. The molecule has 0 amide bonds. The van der Waals surface area contributed by atoms with Gasteiger partial charge < -0.3 is 9.80 Å². The van der Waals surface area contributed by atoms with E-state index in [1.165, 1.54) is 0 Å². The fourth-order valence-electron chi connectivity index (χ4n) is 3.41. The fraction of sp³-hybridized carbons (Fsp3) is 0.429. The van der Waals surface area contributed by atoms with Crippen LogP contribution < -0.4 is 9.80 Å². The van der Waals surface area contributed by atoms with Gasteiger partial charge in [0.1, 0.15) is 0 Å². The quantitative estimate of drug-likeness (QED) is 0.622. The molecule has 1 heterocycles. The smallest absolute Gasteiger partial charge is 0.305 e. The number of benzene rings is 2. The summed E-state index contributed by atoms with van der Waals surface area (Å²) in [6.07, 6.45) is 0.961. The van der Waals surface area contributed by atoms with Gasteiger partial charge in [-0.25, -0.2) is 9.34 Å². The summed E-state index contributed by atoms with van der Waals surface area (Å²) in [6, 6.07) is 16.7. The molecule has 0 atom stereocenters. The van der Waals surface area contributed by atoms with Crippen LogP contribution in [0.4, 0.5) is 11.4 Å². The van der Waals surface area contributed by atoms with Crippen molar-refractivity contribution in [3.8, 4) is 0 Å². The van der Waals surface area contributed by atoms with Crippen molar-refractivity contribution in [3.63, 3.8) is 0 Å². The van der Waals surface area contributed by atoms with Gasteiger partial charge in [0.15, 0.2) is 0 Å². The molecule has 2 aromatic carbocycles. The number of nitrogens with zero attached hydrogens (tertiary/aromatic N) is 4. The van der Waals surface area contributed by atoms with Gasteiger partial charge in [0, 0.05) is 65.7 Å². The van der Waals surface area contributed by atoms with Crippen LogP contribution in [0.25, 0.3) is 0 Å². The van der Waals surface area contributed by atoms with Gasteiger partial charge in [0.05, 0.1) is 0 Å². The molecule has 1 aliphatic heterocycles. The van der Waals surface area contributed by atoms with Crippen LogP contribution in [0.1, 0.15) is 17.5 Å². The van der Waals surface area contributed by atoms with E-state index >= 15 is 0 Å². The highest BCUT2D eigenvalue weighted by Gasteiger charge is 2.38. The van der Waals surface area contributed by atoms with Crippen LogP contribution in [-0.4, -0.2) is 50.6 Å². The second-order valence-electron chi connectivity index (χ2n) is 7.72. The van der Waals surface area contributed by atoms with Crippen LogP contribution in [-0.2, 0) is 17.7 Å². The highest BCUT2D eigenvalue weighted by Crippen LogP contribution is 2.61. The van der Waals surface area contributed by atoms with Gasteiger partial charge in [-0.3, -0.25) is 4.57 Å². The lowest BCUT2D eigenvalue weighted by atomic mass is 10.2. The summed E-state index contributed by atoms with van der Waals surface area (Å²) in [4.78, 5) is 4.14. The standard InChI is InChI=1S/C21H30ClN4OP/c1-23(2)20-10-6-18(7-11-20)16-25-14-5-15-26(28(25,22)27)17-19-8-12-21(13-9-19)24(3)4/h6-13H,5,14-17H2,1-4H3. The molecule has 7 heteroatoms. The predicted octanol–water partition coefficient (Wildman–Crippen LogP) is 4.87. The maximum absolute atomic E-state index is 13.5. The van der Waals surface area contributed by atoms with Gasteiger partial charge in [-0.2, -0.15) is 0 Å². The van der Waals surface area contributed by atoms with E-state index in [9.17, 15) is 4.57 Å². The second-order valence-corrected chi connectivity index (χ2v) is 11.1. The summed E-state index contributed by atoms with van der Waals surface area (Å²) in [7, 11) is 8.09. The first-order valence-electron chi connectivity index (χ1n) is 9.60. The SMILES string of the molecule is CN(C)c1ccc(CN2CCCN(Cc3ccc(N(C)C)cc3)P2(=O)Cl)cc1. The summed E-state index contributed by atoms with van der Waals surface area (Å²) in [6.45, 7) is -0.366. The number of hydrogen-bond donors (Lipinski definition) is 0. The molecule has 5 nitrogen and oxygen atoms in total. The van der Waals surface area contributed by atoms with E-state index in [1.807, 2.05) is 37.5 Å². The Morgan fingerprint density at radius 2 is 1.14 bits per heavy atom. The van der Waals surface area contributed by atoms with Gasteiger partial charge in [-0.05, 0) is 53.1 Å². The molecule has 0 aromatic heterocycles. The zero-order chi connectivity index (χ0) is 20.3. The molecule has 0 bridgehead atoms. The summed E-state index contributed by atoms with van der Waals surface area (Å²) >= 11 is 6.66. The van der Waals surface area contributed by atoms with E-state index in [2.05, 4.69) is 58.3 Å².